The first-order chi connectivity index (χ1) is 18.0. The van der Waals surface area contributed by atoms with Gasteiger partial charge in [-0.25, -0.2) is 14.2 Å². The first kappa shape index (κ1) is 23.5. The van der Waals surface area contributed by atoms with Crippen molar-refractivity contribution in [2.45, 2.75) is 45.7 Å². The van der Waals surface area contributed by atoms with Crippen molar-refractivity contribution < 1.29 is 13.9 Å². The number of urea groups is 1. The van der Waals surface area contributed by atoms with Gasteiger partial charge >= 0.3 is 6.03 Å². The van der Waals surface area contributed by atoms with Crippen LogP contribution in [-0.2, 0) is 6.54 Å². The summed E-state index contributed by atoms with van der Waals surface area (Å²) in [7, 11) is 0. The normalized spacial score (nSPS) is 17.9. The van der Waals surface area contributed by atoms with E-state index in [4.69, 9.17) is 4.74 Å². The highest BCUT2D eigenvalue weighted by atomic mass is 19.1. The van der Waals surface area contributed by atoms with Crippen LogP contribution in [0, 0.1) is 19.7 Å². The number of hydrogen-bond donors (Lipinski definition) is 1. The molecule has 2 amide bonds. The lowest BCUT2D eigenvalue weighted by Gasteiger charge is -2.39. The minimum atomic E-state index is -0.219. The fourth-order valence-corrected chi connectivity index (χ4v) is 5.56. The van der Waals surface area contributed by atoms with Gasteiger partial charge in [0.15, 0.2) is 0 Å². The van der Waals surface area contributed by atoms with E-state index in [9.17, 15) is 9.18 Å². The molecule has 1 aromatic heterocycles. The molecule has 1 unspecified atom stereocenters. The van der Waals surface area contributed by atoms with Crippen LogP contribution >= 0.6 is 0 Å². The molecular formula is C30H31FN4O2. The number of nitrogens with one attached hydrogen (secondary N) is 1. The predicted octanol–water partition coefficient (Wildman–Crippen LogP) is 6.53. The number of H-pyrrole nitrogens is 1. The molecule has 4 aromatic rings. The number of halogens is 1. The highest BCUT2D eigenvalue weighted by Crippen LogP contribution is 2.35. The van der Waals surface area contributed by atoms with Crippen molar-refractivity contribution in [3.8, 4) is 16.9 Å². The van der Waals surface area contributed by atoms with Crippen LogP contribution in [0.3, 0.4) is 0 Å². The number of carbonyl (C=O) groups is 1. The third-order valence-electron chi connectivity index (χ3n) is 7.57. The summed E-state index contributed by atoms with van der Waals surface area (Å²) in [5.41, 5.74) is 6.57. The lowest BCUT2D eigenvalue weighted by Crippen LogP contribution is -2.47. The van der Waals surface area contributed by atoms with Crippen molar-refractivity contribution in [2.24, 2.45) is 0 Å². The van der Waals surface area contributed by atoms with Crippen LogP contribution in [0.4, 0.5) is 9.18 Å². The van der Waals surface area contributed by atoms with Crippen LogP contribution < -0.4 is 4.74 Å². The van der Waals surface area contributed by atoms with Crippen molar-refractivity contribution in [3.05, 3.63) is 82.9 Å². The monoisotopic (exact) mass is 498 g/mol. The van der Waals surface area contributed by atoms with E-state index in [1.165, 1.54) is 0 Å². The summed E-state index contributed by atoms with van der Waals surface area (Å²) in [6.07, 6.45) is 2.82. The number of nitrogens with zero attached hydrogens (tertiary/aromatic N) is 3. The van der Waals surface area contributed by atoms with E-state index in [1.54, 1.807) is 19.1 Å². The third kappa shape index (κ3) is 4.54. The quantitative estimate of drug-likeness (QED) is 0.342. The summed E-state index contributed by atoms with van der Waals surface area (Å²) in [5, 5.41) is 0. The van der Waals surface area contributed by atoms with Crippen molar-refractivity contribution in [1.82, 2.24) is 19.8 Å². The average molecular weight is 499 g/mol. The Bertz CT molecular complexity index is 1480. The Balaban J connectivity index is 1.27. The Morgan fingerprint density at radius 3 is 2.73 bits per heavy atom. The molecule has 2 aliphatic rings. The van der Waals surface area contributed by atoms with Crippen molar-refractivity contribution >= 4 is 17.1 Å². The molecule has 1 saturated heterocycles. The zero-order chi connectivity index (χ0) is 25.5. The second-order valence-corrected chi connectivity index (χ2v) is 10.1. The number of rotatable bonds is 2. The maximum Gasteiger partial charge on any atom is 0.320 e. The minimum absolute atomic E-state index is 0.0121. The molecular weight excluding hydrogens is 467 g/mol. The molecule has 0 radical (unpaired) electrons. The maximum absolute atomic E-state index is 14.4. The van der Waals surface area contributed by atoms with Gasteiger partial charge in [0.05, 0.1) is 30.2 Å². The van der Waals surface area contributed by atoms with Crippen LogP contribution in [0.2, 0.25) is 0 Å². The van der Waals surface area contributed by atoms with Crippen molar-refractivity contribution in [3.63, 3.8) is 0 Å². The molecule has 2 aliphatic heterocycles. The zero-order valence-corrected chi connectivity index (χ0v) is 21.3. The third-order valence-corrected chi connectivity index (χ3v) is 7.57. The number of fused-ring (bicyclic) bond motifs is 2. The number of aromatic amines is 1. The van der Waals surface area contributed by atoms with Crippen LogP contribution in [0.25, 0.3) is 22.2 Å². The van der Waals surface area contributed by atoms with Gasteiger partial charge in [0.2, 0.25) is 0 Å². The maximum atomic E-state index is 14.4. The minimum Gasteiger partial charge on any atom is -0.491 e. The highest BCUT2D eigenvalue weighted by Gasteiger charge is 2.32. The van der Waals surface area contributed by atoms with E-state index in [1.807, 2.05) is 34.9 Å². The number of likely N-dealkylation sites (tertiary alicyclic amines) is 1. The number of amides is 2. The van der Waals surface area contributed by atoms with Gasteiger partial charge in [-0.2, -0.15) is 0 Å². The number of imidazole rings is 1. The number of hydrogen-bond acceptors (Lipinski definition) is 3. The SMILES string of the molecule is Cc1nc2ccc(-c3ccc4c(c3)CN(C(=O)N3CCCCC3c3ccc(C)c(F)c3)CCO4)cc2[nH]1. The molecule has 1 N–H and O–H groups in total. The van der Waals surface area contributed by atoms with Crippen molar-refractivity contribution in [1.29, 1.82) is 0 Å². The predicted molar refractivity (Wildman–Crippen MR) is 142 cm³/mol. The van der Waals surface area contributed by atoms with E-state index in [-0.39, 0.29) is 17.9 Å². The molecule has 1 atom stereocenters. The largest absolute Gasteiger partial charge is 0.491 e. The van der Waals surface area contributed by atoms with Gasteiger partial charge in [-0.05, 0) is 85.7 Å². The number of ether oxygens (including phenoxy) is 1. The number of piperidine rings is 1. The van der Waals surface area contributed by atoms with Gasteiger partial charge in [-0.3, -0.25) is 0 Å². The topological polar surface area (TPSA) is 61.5 Å². The number of aryl methyl sites for hydroxylation is 2. The molecule has 1 fully saturated rings. The first-order valence-electron chi connectivity index (χ1n) is 13.0. The van der Waals surface area contributed by atoms with E-state index >= 15 is 0 Å². The van der Waals surface area contributed by atoms with E-state index in [2.05, 4.69) is 34.2 Å². The second-order valence-electron chi connectivity index (χ2n) is 10.1. The van der Waals surface area contributed by atoms with Crippen LogP contribution in [-0.4, -0.2) is 45.5 Å². The summed E-state index contributed by atoms with van der Waals surface area (Å²) >= 11 is 0. The molecule has 3 heterocycles. The lowest BCUT2D eigenvalue weighted by atomic mass is 9.94. The molecule has 190 valence electrons. The zero-order valence-electron chi connectivity index (χ0n) is 21.3. The van der Waals surface area contributed by atoms with Crippen LogP contribution in [0.5, 0.6) is 5.75 Å². The summed E-state index contributed by atoms with van der Waals surface area (Å²) < 4.78 is 20.4. The number of benzene rings is 3. The Morgan fingerprint density at radius 2 is 1.86 bits per heavy atom. The Labute approximate surface area is 216 Å². The molecule has 0 aliphatic carbocycles. The molecule has 6 rings (SSSR count). The van der Waals surface area contributed by atoms with Gasteiger partial charge in [-0.15, -0.1) is 0 Å². The Morgan fingerprint density at radius 1 is 1.03 bits per heavy atom. The highest BCUT2D eigenvalue weighted by molar-refractivity contribution is 5.82. The second kappa shape index (κ2) is 9.54. The van der Waals surface area contributed by atoms with Crippen molar-refractivity contribution in [2.75, 3.05) is 19.7 Å². The van der Waals surface area contributed by atoms with Gasteiger partial charge in [0.25, 0.3) is 0 Å². The van der Waals surface area contributed by atoms with Crippen LogP contribution in [0.1, 0.15) is 47.8 Å². The van der Waals surface area contributed by atoms with Gasteiger partial charge in [-0.1, -0.05) is 24.3 Å². The average Bonchev–Trinajstić information content (AvgIpc) is 3.15. The smallest absolute Gasteiger partial charge is 0.320 e. The molecule has 0 saturated carbocycles. The van der Waals surface area contributed by atoms with E-state index < -0.39 is 0 Å². The Hall–Kier alpha value is -3.87. The summed E-state index contributed by atoms with van der Waals surface area (Å²) in [6, 6.07) is 17.6. The molecule has 3 aromatic carbocycles. The standard InChI is InChI=1S/C30H31FN4O2/c1-19-6-7-23(16-25(19)31)28-5-3-4-12-35(28)30(36)34-13-14-37-29-11-9-21(15-24(29)18-34)22-8-10-26-27(17-22)33-20(2)32-26/h6-11,15-17,28H,3-5,12-14,18H2,1-2H3,(H,32,33). The van der Waals surface area contributed by atoms with E-state index in [0.29, 0.717) is 31.8 Å². The number of carbonyl (C=O) groups excluding carboxylic acids is 1. The first-order valence-corrected chi connectivity index (χ1v) is 13.0. The summed E-state index contributed by atoms with van der Waals surface area (Å²) in [4.78, 5) is 25.5. The summed E-state index contributed by atoms with van der Waals surface area (Å²) in [5.74, 6) is 1.48. The molecule has 6 nitrogen and oxygen atoms in total. The fraction of sp³-hybridized carbons (Fsp3) is 0.333. The molecule has 0 bridgehead atoms. The molecule has 37 heavy (non-hydrogen) atoms. The van der Waals surface area contributed by atoms with E-state index in [0.717, 1.165) is 64.1 Å². The fourth-order valence-electron chi connectivity index (χ4n) is 5.56. The van der Waals surface area contributed by atoms with Gasteiger partial charge in [0.1, 0.15) is 24.0 Å². The molecule has 0 spiro atoms. The van der Waals surface area contributed by atoms with Gasteiger partial charge < -0.3 is 19.5 Å². The summed E-state index contributed by atoms with van der Waals surface area (Å²) in [6.45, 7) is 5.81. The molecule has 7 heteroatoms. The van der Waals surface area contributed by atoms with Gasteiger partial charge in [0, 0.05) is 12.1 Å². The Kier molecular flexibility index (Phi) is 6.07. The lowest BCUT2D eigenvalue weighted by molar-refractivity contribution is 0.110. The van der Waals surface area contributed by atoms with Crippen LogP contribution in [0.15, 0.2) is 54.6 Å². The number of aromatic nitrogens is 2.